The van der Waals surface area contributed by atoms with Crippen molar-refractivity contribution in [2.45, 2.75) is 30.1 Å². The molecular formula is C24H22FN5OS. The highest BCUT2D eigenvalue weighted by Crippen LogP contribution is 2.34. The predicted molar refractivity (Wildman–Crippen MR) is 122 cm³/mol. The number of halogens is 1. The number of nitrogens with zero attached hydrogens (tertiary/aromatic N) is 4. The quantitative estimate of drug-likeness (QED) is 0.643. The summed E-state index contributed by atoms with van der Waals surface area (Å²) in [4.78, 5) is 12.2. The van der Waals surface area contributed by atoms with E-state index in [4.69, 9.17) is 9.97 Å². The van der Waals surface area contributed by atoms with Crippen LogP contribution in [0.2, 0.25) is 0 Å². The molecule has 1 saturated heterocycles. The average Bonchev–Trinajstić information content (AvgIpc) is 3.20. The molecule has 1 fully saturated rings. The van der Waals surface area contributed by atoms with Crippen molar-refractivity contribution in [3.63, 3.8) is 0 Å². The third kappa shape index (κ3) is 4.08. The molecule has 1 atom stereocenters. The lowest BCUT2D eigenvalue weighted by Gasteiger charge is -2.32. The fourth-order valence-electron chi connectivity index (χ4n) is 4.39. The van der Waals surface area contributed by atoms with Gasteiger partial charge in [0.05, 0.1) is 28.1 Å². The number of fused-ring (bicyclic) bond motifs is 1. The van der Waals surface area contributed by atoms with E-state index in [1.165, 1.54) is 17.7 Å². The summed E-state index contributed by atoms with van der Waals surface area (Å²) in [5.41, 5.74) is 3.25. The Morgan fingerprint density at radius 1 is 1.12 bits per heavy atom. The first-order valence-corrected chi connectivity index (χ1v) is 12.0. The van der Waals surface area contributed by atoms with Crippen LogP contribution in [-0.4, -0.2) is 33.0 Å². The molecule has 3 heterocycles. The highest BCUT2D eigenvalue weighted by molar-refractivity contribution is 7.85. The number of aromatic nitrogens is 2. The average molecular weight is 448 g/mol. The van der Waals surface area contributed by atoms with Gasteiger partial charge in [0.2, 0.25) is 5.95 Å². The van der Waals surface area contributed by atoms with Crippen molar-refractivity contribution in [1.29, 1.82) is 5.26 Å². The smallest absolute Gasteiger partial charge is 0.227 e. The third-order valence-corrected chi connectivity index (χ3v) is 7.49. The maximum Gasteiger partial charge on any atom is 0.227 e. The highest BCUT2D eigenvalue weighted by Gasteiger charge is 2.29. The minimum atomic E-state index is -1.16. The van der Waals surface area contributed by atoms with E-state index in [-0.39, 0.29) is 5.82 Å². The SMILES string of the molecule is N#Cc1cccc(C2CCN(c3nc4c(c(Nc5cccc(F)c5)n3)S(=O)CC4)CC2)c1. The maximum absolute atomic E-state index is 13.7. The Balaban J connectivity index is 1.39. The lowest BCUT2D eigenvalue weighted by molar-refractivity contribution is 0.499. The zero-order chi connectivity index (χ0) is 22.1. The van der Waals surface area contributed by atoms with Crippen molar-refractivity contribution >= 4 is 28.3 Å². The van der Waals surface area contributed by atoms with Gasteiger partial charge in [0.15, 0.2) is 5.82 Å². The summed E-state index contributed by atoms with van der Waals surface area (Å²) in [6.07, 6.45) is 2.52. The molecule has 2 aliphatic rings. The number of anilines is 3. The van der Waals surface area contributed by atoms with E-state index < -0.39 is 10.8 Å². The lowest BCUT2D eigenvalue weighted by atomic mass is 9.89. The van der Waals surface area contributed by atoms with Gasteiger partial charge in [0.1, 0.15) is 10.7 Å². The lowest BCUT2D eigenvalue weighted by Crippen LogP contribution is -2.34. The molecule has 0 saturated carbocycles. The molecule has 3 aromatic rings. The number of benzene rings is 2. The van der Waals surface area contributed by atoms with E-state index in [1.54, 1.807) is 12.1 Å². The van der Waals surface area contributed by atoms with Crippen molar-refractivity contribution in [2.75, 3.05) is 29.1 Å². The molecule has 2 aliphatic heterocycles. The molecular weight excluding hydrogens is 425 g/mol. The minimum Gasteiger partial charge on any atom is -0.341 e. The number of nitrogens with one attached hydrogen (secondary N) is 1. The van der Waals surface area contributed by atoms with Crippen LogP contribution in [0.4, 0.5) is 21.8 Å². The van der Waals surface area contributed by atoms with Crippen molar-refractivity contribution in [3.8, 4) is 6.07 Å². The monoisotopic (exact) mass is 447 g/mol. The third-order valence-electron chi connectivity index (χ3n) is 6.03. The standard InChI is InChI=1S/C24H22FN5OS/c25-19-5-2-6-20(14-19)27-23-22-21(9-12-32(22)31)28-24(29-23)30-10-7-17(8-11-30)18-4-1-3-16(13-18)15-26/h1-6,13-14,17H,7-12H2,(H,27,28,29). The second-order valence-electron chi connectivity index (χ2n) is 8.08. The first-order valence-electron chi connectivity index (χ1n) is 10.7. The van der Waals surface area contributed by atoms with Crippen LogP contribution >= 0.6 is 0 Å². The molecule has 1 unspecified atom stereocenters. The van der Waals surface area contributed by atoms with Gasteiger partial charge in [-0.05, 0) is 54.7 Å². The summed E-state index contributed by atoms with van der Waals surface area (Å²) >= 11 is 0. The molecule has 0 aliphatic carbocycles. The molecule has 6 nitrogen and oxygen atoms in total. The van der Waals surface area contributed by atoms with Gasteiger partial charge in [-0.2, -0.15) is 10.2 Å². The largest absolute Gasteiger partial charge is 0.341 e. The van der Waals surface area contributed by atoms with Gasteiger partial charge in [0.25, 0.3) is 0 Å². The first-order chi connectivity index (χ1) is 15.6. The summed E-state index contributed by atoms with van der Waals surface area (Å²) in [6, 6.07) is 16.2. The van der Waals surface area contributed by atoms with Crippen LogP contribution in [0.25, 0.3) is 0 Å². The summed E-state index contributed by atoms with van der Waals surface area (Å²) in [6.45, 7) is 1.59. The fraction of sp³-hybridized carbons (Fsp3) is 0.292. The molecule has 0 bridgehead atoms. The predicted octanol–water partition coefficient (Wildman–Crippen LogP) is 4.28. The Morgan fingerprint density at radius 3 is 2.72 bits per heavy atom. The second kappa shape index (κ2) is 8.67. The molecule has 5 rings (SSSR count). The first kappa shape index (κ1) is 20.6. The summed E-state index contributed by atoms with van der Waals surface area (Å²) < 4.78 is 26.2. The van der Waals surface area contributed by atoms with Gasteiger partial charge in [-0.15, -0.1) is 0 Å². The summed E-state index contributed by atoms with van der Waals surface area (Å²) in [5, 5.41) is 12.3. The van der Waals surface area contributed by atoms with Gasteiger partial charge in [0, 0.05) is 31.0 Å². The fourth-order valence-corrected chi connectivity index (χ4v) is 5.69. The number of hydrogen-bond donors (Lipinski definition) is 1. The molecule has 32 heavy (non-hydrogen) atoms. The topological polar surface area (TPSA) is 81.9 Å². The van der Waals surface area contributed by atoms with Gasteiger partial charge in [-0.3, -0.25) is 4.21 Å². The van der Waals surface area contributed by atoms with Gasteiger partial charge in [-0.25, -0.2) is 9.37 Å². The van der Waals surface area contributed by atoms with E-state index >= 15 is 0 Å². The molecule has 0 radical (unpaired) electrons. The number of nitriles is 1. The van der Waals surface area contributed by atoms with E-state index in [9.17, 15) is 13.9 Å². The van der Waals surface area contributed by atoms with Crippen LogP contribution in [0.15, 0.2) is 53.4 Å². The van der Waals surface area contributed by atoms with Crippen LogP contribution in [0, 0.1) is 17.1 Å². The van der Waals surface area contributed by atoms with E-state index in [2.05, 4.69) is 22.4 Å². The van der Waals surface area contributed by atoms with Gasteiger partial charge in [-0.1, -0.05) is 18.2 Å². The molecule has 1 N–H and O–H groups in total. The zero-order valence-corrected chi connectivity index (χ0v) is 18.2. The Bertz CT molecular complexity index is 1230. The van der Waals surface area contributed by atoms with E-state index in [0.717, 1.165) is 31.6 Å². The number of rotatable bonds is 4. The molecule has 0 amide bonds. The van der Waals surface area contributed by atoms with Gasteiger partial charge < -0.3 is 10.2 Å². The Hall–Kier alpha value is -3.31. The Labute approximate surface area is 188 Å². The number of aryl methyl sites for hydroxylation is 1. The van der Waals surface area contributed by atoms with Crippen molar-refractivity contribution in [1.82, 2.24) is 9.97 Å². The van der Waals surface area contributed by atoms with Crippen LogP contribution in [0.5, 0.6) is 0 Å². The Morgan fingerprint density at radius 2 is 1.94 bits per heavy atom. The van der Waals surface area contributed by atoms with Crippen molar-refractivity contribution in [3.05, 3.63) is 71.2 Å². The molecule has 2 aromatic carbocycles. The zero-order valence-electron chi connectivity index (χ0n) is 17.4. The molecule has 162 valence electrons. The summed E-state index contributed by atoms with van der Waals surface area (Å²) in [5.74, 6) is 1.69. The van der Waals surface area contributed by atoms with Crippen LogP contribution in [-0.2, 0) is 17.2 Å². The molecule has 1 aromatic heterocycles. The van der Waals surface area contributed by atoms with Gasteiger partial charge >= 0.3 is 0 Å². The second-order valence-corrected chi connectivity index (χ2v) is 9.59. The maximum atomic E-state index is 13.7. The molecule has 0 spiro atoms. The normalized spacial score (nSPS) is 18.2. The minimum absolute atomic E-state index is 0.343. The van der Waals surface area contributed by atoms with E-state index in [0.29, 0.717) is 46.0 Å². The van der Waals surface area contributed by atoms with E-state index in [1.807, 2.05) is 18.2 Å². The number of piperidine rings is 1. The Kier molecular flexibility index (Phi) is 5.58. The number of hydrogen-bond acceptors (Lipinski definition) is 6. The van der Waals surface area contributed by atoms with Crippen LogP contribution in [0.1, 0.15) is 35.6 Å². The molecule has 8 heteroatoms. The van der Waals surface area contributed by atoms with Crippen molar-refractivity contribution in [2.24, 2.45) is 0 Å². The van der Waals surface area contributed by atoms with Crippen molar-refractivity contribution < 1.29 is 8.60 Å². The van der Waals surface area contributed by atoms with Crippen LogP contribution in [0.3, 0.4) is 0 Å². The highest BCUT2D eigenvalue weighted by atomic mass is 32.2. The van der Waals surface area contributed by atoms with Crippen LogP contribution < -0.4 is 10.2 Å². The summed E-state index contributed by atoms with van der Waals surface area (Å²) in [7, 11) is -1.16.